The van der Waals surface area contributed by atoms with E-state index in [1.165, 1.54) is 11.3 Å². The fourth-order valence-electron chi connectivity index (χ4n) is 3.32. The molecule has 0 unspecified atom stereocenters. The number of aryl methyl sites for hydroxylation is 1. The minimum absolute atomic E-state index is 0.232. The number of hydrogen-bond donors (Lipinski definition) is 1. The molecule has 4 rings (SSSR count). The monoisotopic (exact) mass is 355 g/mol. The van der Waals surface area contributed by atoms with E-state index in [0.29, 0.717) is 5.95 Å². The molecule has 3 heterocycles. The lowest BCUT2D eigenvalue weighted by Gasteiger charge is -2.31. The summed E-state index contributed by atoms with van der Waals surface area (Å²) in [7, 11) is 0. The van der Waals surface area contributed by atoms with Crippen LogP contribution in [-0.4, -0.2) is 28.0 Å². The molecule has 0 bridgehead atoms. The minimum atomic E-state index is -0.942. The van der Waals surface area contributed by atoms with Gasteiger partial charge in [0.1, 0.15) is 0 Å². The predicted octanol–water partition coefficient (Wildman–Crippen LogP) is 3.13. The molecule has 0 radical (unpaired) electrons. The second-order valence-electron chi connectivity index (χ2n) is 5.93. The molecule has 0 aliphatic carbocycles. The Morgan fingerprint density at radius 1 is 1.36 bits per heavy atom. The molecule has 1 aliphatic heterocycles. The summed E-state index contributed by atoms with van der Waals surface area (Å²) in [6, 6.07) is 9.19. The summed E-state index contributed by atoms with van der Waals surface area (Å²) in [6.07, 6.45) is 0. The zero-order valence-corrected chi connectivity index (χ0v) is 14.7. The molecule has 0 saturated carbocycles. The normalized spacial score (nSPS) is 19.5. The van der Waals surface area contributed by atoms with Crippen molar-refractivity contribution < 1.29 is 14.3 Å². The molecule has 25 heavy (non-hydrogen) atoms. The zero-order valence-electron chi connectivity index (χ0n) is 13.9. The van der Waals surface area contributed by atoms with Crippen molar-refractivity contribution in [2.24, 2.45) is 5.92 Å². The number of thiophene rings is 1. The first-order valence-electron chi connectivity index (χ1n) is 8.10. The Bertz CT molecular complexity index is 975. The van der Waals surface area contributed by atoms with E-state index in [4.69, 9.17) is 4.74 Å². The molecule has 0 spiro atoms. The SMILES string of the molecule is CCOC(=O)[C@@H]1C(=O)Nc2nc3ccccc3n2[C@@H]1c1sccc1C. The third-order valence-corrected chi connectivity index (χ3v) is 5.51. The van der Waals surface area contributed by atoms with Crippen LogP contribution in [0.25, 0.3) is 11.0 Å². The molecule has 128 valence electrons. The molecule has 7 heteroatoms. The van der Waals surface area contributed by atoms with Crippen LogP contribution >= 0.6 is 11.3 Å². The Labute approximate surface area is 148 Å². The molecular weight excluding hydrogens is 338 g/mol. The van der Waals surface area contributed by atoms with Gasteiger partial charge in [-0.15, -0.1) is 11.3 Å². The number of carbonyl (C=O) groups excluding carboxylic acids is 2. The van der Waals surface area contributed by atoms with Gasteiger partial charge in [-0.1, -0.05) is 12.1 Å². The van der Waals surface area contributed by atoms with Crippen molar-refractivity contribution in [2.75, 3.05) is 11.9 Å². The highest BCUT2D eigenvalue weighted by atomic mass is 32.1. The number of benzene rings is 1. The minimum Gasteiger partial charge on any atom is -0.465 e. The van der Waals surface area contributed by atoms with E-state index >= 15 is 0 Å². The molecule has 0 saturated heterocycles. The van der Waals surface area contributed by atoms with E-state index < -0.39 is 17.9 Å². The van der Waals surface area contributed by atoms with Gasteiger partial charge >= 0.3 is 5.97 Å². The van der Waals surface area contributed by atoms with E-state index in [-0.39, 0.29) is 12.5 Å². The van der Waals surface area contributed by atoms with E-state index in [0.717, 1.165) is 21.5 Å². The molecular formula is C18H17N3O3S. The second-order valence-corrected chi connectivity index (χ2v) is 6.87. The van der Waals surface area contributed by atoms with Crippen LogP contribution in [0.1, 0.15) is 23.4 Å². The topological polar surface area (TPSA) is 73.2 Å². The molecule has 2 atom stereocenters. The highest BCUT2D eigenvalue weighted by Crippen LogP contribution is 2.41. The average molecular weight is 355 g/mol. The quantitative estimate of drug-likeness (QED) is 0.579. The number of rotatable bonds is 3. The lowest BCUT2D eigenvalue weighted by atomic mass is 9.93. The van der Waals surface area contributed by atoms with Gasteiger partial charge in [0.15, 0.2) is 5.92 Å². The third kappa shape index (κ3) is 2.42. The van der Waals surface area contributed by atoms with Crippen LogP contribution in [0.3, 0.4) is 0 Å². The van der Waals surface area contributed by atoms with E-state index in [9.17, 15) is 9.59 Å². The number of para-hydroxylation sites is 2. The maximum atomic E-state index is 12.7. The Morgan fingerprint density at radius 3 is 2.88 bits per heavy atom. The maximum Gasteiger partial charge on any atom is 0.321 e. The number of hydrogen-bond acceptors (Lipinski definition) is 5. The van der Waals surface area contributed by atoms with Crippen LogP contribution in [0, 0.1) is 12.8 Å². The van der Waals surface area contributed by atoms with Gasteiger partial charge in [-0.3, -0.25) is 14.9 Å². The van der Waals surface area contributed by atoms with Gasteiger partial charge in [0, 0.05) is 4.88 Å². The Balaban J connectivity index is 1.97. The Kier molecular flexibility index (Phi) is 3.80. The number of carbonyl (C=O) groups is 2. The van der Waals surface area contributed by atoms with Crippen molar-refractivity contribution in [1.82, 2.24) is 9.55 Å². The lowest BCUT2D eigenvalue weighted by Crippen LogP contribution is -2.43. The summed E-state index contributed by atoms with van der Waals surface area (Å²) in [5.41, 5.74) is 2.70. The van der Waals surface area contributed by atoms with Gasteiger partial charge in [0.05, 0.1) is 23.7 Å². The molecule has 1 aliphatic rings. The van der Waals surface area contributed by atoms with Gasteiger partial charge in [-0.05, 0) is 43.0 Å². The number of fused-ring (bicyclic) bond motifs is 3. The first kappa shape index (κ1) is 15.8. The molecule has 6 nitrogen and oxygen atoms in total. The zero-order chi connectivity index (χ0) is 17.6. The van der Waals surface area contributed by atoms with Crippen molar-refractivity contribution in [2.45, 2.75) is 19.9 Å². The molecule has 3 aromatic rings. The summed E-state index contributed by atoms with van der Waals surface area (Å²) < 4.78 is 7.14. The summed E-state index contributed by atoms with van der Waals surface area (Å²) in [5.74, 6) is -1.37. The van der Waals surface area contributed by atoms with Crippen molar-refractivity contribution in [3.63, 3.8) is 0 Å². The van der Waals surface area contributed by atoms with Crippen molar-refractivity contribution >= 4 is 40.2 Å². The fourth-order valence-corrected chi connectivity index (χ4v) is 4.37. The summed E-state index contributed by atoms with van der Waals surface area (Å²) in [5, 5.41) is 4.74. The van der Waals surface area contributed by atoms with Gasteiger partial charge in [0.25, 0.3) is 0 Å². The molecule has 1 amide bonds. The number of nitrogens with zero attached hydrogens (tertiary/aromatic N) is 2. The number of ether oxygens (including phenoxy) is 1. The molecule has 1 aromatic carbocycles. The first-order valence-corrected chi connectivity index (χ1v) is 8.98. The summed E-state index contributed by atoms with van der Waals surface area (Å²) in [4.78, 5) is 30.8. The molecule has 0 fully saturated rings. The number of imidazole rings is 1. The highest BCUT2D eigenvalue weighted by molar-refractivity contribution is 7.10. The van der Waals surface area contributed by atoms with Crippen LogP contribution in [0.5, 0.6) is 0 Å². The van der Waals surface area contributed by atoms with E-state index in [2.05, 4.69) is 10.3 Å². The second kappa shape index (κ2) is 6.00. The van der Waals surface area contributed by atoms with Crippen LogP contribution in [-0.2, 0) is 14.3 Å². The summed E-state index contributed by atoms with van der Waals surface area (Å²) >= 11 is 1.54. The number of nitrogens with one attached hydrogen (secondary N) is 1. The van der Waals surface area contributed by atoms with E-state index in [1.807, 2.05) is 47.2 Å². The fraction of sp³-hybridized carbons (Fsp3) is 0.278. The van der Waals surface area contributed by atoms with Crippen molar-refractivity contribution in [3.8, 4) is 0 Å². The van der Waals surface area contributed by atoms with Crippen LogP contribution in [0.2, 0.25) is 0 Å². The van der Waals surface area contributed by atoms with Gasteiger partial charge in [0.2, 0.25) is 11.9 Å². The highest BCUT2D eigenvalue weighted by Gasteiger charge is 2.45. The van der Waals surface area contributed by atoms with Crippen LogP contribution < -0.4 is 5.32 Å². The third-order valence-electron chi connectivity index (χ3n) is 4.42. The average Bonchev–Trinajstić information content (AvgIpc) is 3.16. The number of amides is 1. The number of esters is 1. The van der Waals surface area contributed by atoms with Crippen molar-refractivity contribution in [1.29, 1.82) is 0 Å². The van der Waals surface area contributed by atoms with Gasteiger partial charge in [-0.2, -0.15) is 0 Å². The van der Waals surface area contributed by atoms with Crippen molar-refractivity contribution in [3.05, 3.63) is 46.2 Å². The maximum absolute atomic E-state index is 12.7. The van der Waals surface area contributed by atoms with Crippen LogP contribution in [0.15, 0.2) is 35.7 Å². The van der Waals surface area contributed by atoms with Gasteiger partial charge < -0.3 is 9.30 Å². The summed E-state index contributed by atoms with van der Waals surface area (Å²) in [6.45, 7) is 3.96. The lowest BCUT2D eigenvalue weighted by molar-refractivity contribution is -0.152. The number of anilines is 1. The van der Waals surface area contributed by atoms with Crippen LogP contribution in [0.4, 0.5) is 5.95 Å². The Morgan fingerprint density at radius 2 is 2.16 bits per heavy atom. The Hall–Kier alpha value is -2.67. The largest absolute Gasteiger partial charge is 0.465 e. The van der Waals surface area contributed by atoms with Gasteiger partial charge in [-0.25, -0.2) is 4.98 Å². The standard InChI is InChI=1S/C18H17N3O3S/c1-3-24-17(23)13-14(15-10(2)8-9-25-15)21-12-7-5-4-6-11(12)19-18(21)20-16(13)22/h4-9,13-14H,3H2,1-2H3,(H,19,20,22)/t13-,14-/m0/s1. The first-order chi connectivity index (χ1) is 12.1. The van der Waals surface area contributed by atoms with E-state index in [1.54, 1.807) is 6.92 Å². The molecule has 2 aromatic heterocycles. The smallest absolute Gasteiger partial charge is 0.321 e. The molecule has 1 N–H and O–H groups in total. The number of aromatic nitrogens is 2. The predicted molar refractivity (Wildman–Crippen MR) is 95.7 cm³/mol.